The molecule has 2 rings (SSSR count). The van der Waals surface area contributed by atoms with Gasteiger partial charge in [0, 0.05) is 17.4 Å². The molecule has 114 valence electrons. The van der Waals surface area contributed by atoms with Crippen molar-refractivity contribution in [3.05, 3.63) is 41.6 Å². The van der Waals surface area contributed by atoms with Crippen LogP contribution in [0.4, 0.5) is 0 Å². The van der Waals surface area contributed by atoms with Gasteiger partial charge in [0.15, 0.2) is 0 Å². The van der Waals surface area contributed by atoms with Crippen LogP contribution in [0.5, 0.6) is 0 Å². The molecule has 1 aromatic carbocycles. The van der Waals surface area contributed by atoms with Crippen molar-refractivity contribution < 1.29 is 0 Å². The monoisotopic (exact) mass is 303 g/mol. The first-order chi connectivity index (χ1) is 10.0. The third-order valence-corrected chi connectivity index (χ3v) is 5.29. The molecular formula is C17H25N3S. The maximum absolute atomic E-state index is 4.77. The fraction of sp³-hybridized carbons (Fsp3) is 0.471. The van der Waals surface area contributed by atoms with Crippen LogP contribution >= 0.6 is 11.8 Å². The Hall–Kier alpha value is -1.26. The fourth-order valence-electron chi connectivity index (χ4n) is 2.10. The van der Waals surface area contributed by atoms with Gasteiger partial charge in [-0.25, -0.2) is 4.68 Å². The Morgan fingerprint density at radius 2 is 1.86 bits per heavy atom. The van der Waals surface area contributed by atoms with Crippen molar-refractivity contribution in [1.82, 2.24) is 15.1 Å². The lowest BCUT2D eigenvalue weighted by Crippen LogP contribution is -2.11. The highest BCUT2D eigenvalue weighted by molar-refractivity contribution is 7.99. The number of nitrogens with one attached hydrogen (secondary N) is 1. The molecular weight excluding hydrogens is 278 g/mol. The van der Waals surface area contributed by atoms with Gasteiger partial charge in [-0.2, -0.15) is 5.10 Å². The lowest BCUT2D eigenvalue weighted by molar-refractivity contribution is 0.638. The van der Waals surface area contributed by atoms with Crippen molar-refractivity contribution >= 4 is 11.8 Å². The summed E-state index contributed by atoms with van der Waals surface area (Å²) < 4.78 is 2.09. The summed E-state index contributed by atoms with van der Waals surface area (Å²) in [5.41, 5.74) is 3.53. The summed E-state index contributed by atoms with van der Waals surface area (Å²) in [5, 5.41) is 9.85. The normalized spacial score (nSPS) is 12.9. The zero-order chi connectivity index (χ0) is 15.4. The minimum Gasteiger partial charge on any atom is -0.316 e. The second-order valence-electron chi connectivity index (χ2n) is 5.71. The second-order valence-corrected chi connectivity index (χ2v) is 7.08. The molecule has 0 amide bonds. The van der Waals surface area contributed by atoms with Gasteiger partial charge in [0.1, 0.15) is 5.03 Å². The summed E-state index contributed by atoms with van der Waals surface area (Å²) in [6, 6.07) is 10.4. The lowest BCUT2D eigenvalue weighted by atomic mass is 10.2. The van der Waals surface area contributed by atoms with Gasteiger partial charge in [-0.3, -0.25) is 0 Å². The molecule has 0 spiro atoms. The number of aryl methyl sites for hydroxylation is 1. The molecule has 1 atom stereocenters. The number of aromatic nitrogens is 2. The molecule has 3 nitrogen and oxygen atoms in total. The molecule has 0 saturated heterocycles. The van der Waals surface area contributed by atoms with Gasteiger partial charge in [-0.1, -0.05) is 39.0 Å². The van der Waals surface area contributed by atoms with E-state index >= 15 is 0 Å². The number of thioether (sulfide) groups is 1. The smallest absolute Gasteiger partial charge is 0.105 e. The molecule has 0 radical (unpaired) electrons. The van der Waals surface area contributed by atoms with Crippen LogP contribution < -0.4 is 5.32 Å². The van der Waals surface area contributed by atoms with Crippen molar-refractivity contribution in [2.24, 2.45) is 5.92 Å². The van der Waals surface area contributed by atoms with Crippen LogP contribution in [-0.4, -0.2) is 22.1 Å². The summed E-state index contributed by atoms with van der Waals surface area (Å²) in [7, 11) is 1.99. The predicted molar refractivity (Wildman–Crippen MR) is 91.2 cm³/mol. The van der Waals surface area contributed by atoms with E-state index in [-0.39, 0.29) is 0 Å². The van der Waals surface area contributed by atoms with E-state index in [2.05, 4.69) is 62.0 Å². The third kappa shape index (κ3) is 3.69. The Bertz CT molecular complexity index is 575. The second kappa shape index (κ2) is 7.14. The van der Waals surface area contributed by atoms with Crippen LogP contribution in [0.25, 0.3) is 5.69 Å². The summed E-state index contributed by atoms with van der Waals surface area (Å²) in [4.78, 5) is 0. The molecule has 0 bridgehead atoms. The number of hydrogen-bond donors (Lipinski definition) is 1. The highest BCUT2D eigenvalue weighted by atomic mass is 32.2. The molecule has 0 aliphatic heterocycles. The van der Waals surface area contributed by atoms with E-state index in [1.807, 2.05) is 24.9 Å². The average molecular weight is 303 g/mol. The lowest BCUT2D eigenvalue weighted by Gasteiger charge is -2.17. The summed E-state index contributed by atoms with van der Waals surface area (Å²) in [5.74, 6) is 0.636. The molecule has 1 unspecified atom stereocenters. The SMILES string of the molecule is CNCc1c(C)nn(-c2ccccc2)c1SC(C)C(C)C. The minimum absolute atomic E-state index is 0.555. The van der Waals surface area contributed by atoms with E-state index in [0.717, 1.165) is 17.9 Å². The summed E-state index contributed by atoms with van der Waals surface area (Å²) in [6.07, 6.45) is 0. The maximum atomic E-state index is 4.77. The van der Waals surface area contributed by atoms with Crippen LogP contribution in [-0.2, 0) is 6.54 Å². The minimum atomic E-state index is 0.555. The van der Waals surface area contributed by atoms with E-state index in [1.165, 1.54) is 10.6 Å². The largest absolute Gasteiger partial charge is 0.316 e. The first-order valence-corrected chi connectivity index (χ1v) is 8.37. The highest BCUT2D eigenvalue weighted by Gasteiger charge is 2.20. The van der Waals surface area contributed by atoms with Crippen molar-refractivity contribution in [3.63, 3.8) is 0 Å². The van der Waals surface area contributed by atoms with E-state index < -0.39 is 0 Å². The van der Waals surface area contributed by atoms with Gasteiger partial charge in [0.25, 0.3) is 0 Å². The molecule has 2 aromatic rings. The average Bonchev–Trinajstić information content (AvgIpc) is 2.77. The van der Waals surface area contributed by atoms with Gasteiger partial charge in [-0.15, -0.1) is 11.8 Å². The molecule has 0 aliphatic carbocycles. The van der Waals surface area contributed by atoms with Gasteiger partial charge >= 0.3 is 0 Å². The summed E-state index contributed by atoms with van der Waals surface area (Å²) >= 11 is 1.92. The number of nitrogens with zero attached hydrogens (tertiary/aromatic N) is 2. The standard InChI is InChI=1S/C17H25N3S/c1-12(2)14(4)21-17-16(11-18-5)13(3)19-20(17)15-9-7-6-8-10-15/h6-10,12,14,18H,11H2,1-5H3. The number of para-hydroxylation sites is 1. The Morgan fingerprint density at radius 3 is 2.43 bits per heavy atom. The van der Waals surface area contributed by atoms with Crippen molar-refractivity contribution in [1.29, 1.82) is 0 Å². The van der Waals surface area contributed by atoms with E-state index in [4.69, 9.17) is 5.10 Å². The van der Waals surface area contributed by atoms with E-state index in [1.54, 1.807) is 0 Å². The topological polar surface area (TPSA) is 29.9 Å². The Kier molecular flexibility index (Phi) is 5.48. The Morgan fingerprint density at radius 1 is 1.19 bits per heavy atom. The van der Waals surface area contributed by atoms with Crippen LogP contribution in [0.3, 0.4) is 0 Å². The molecule has 4 heteroatoms. The zero-order valence-electron chi connectivity index (χ0n) is 13.6. The number of rotatable bonds is 6. The van der Waals surface area contributed by atoms with Crippen LogP contribution in [0.15, 0.2) is 35.4 Å². The van der Waals surface area contributed by atoms with Crippen molar-refractivity contribution in [2.75, 3.05) is 7.05 Å². The van der Waals surface area contributed by atoms with Crippen LogP contribution in [0.1, 0.15) is 32.0 Å². The third-order valence-electron chi connectivity index (χ3n) is 3.73. The molecule has 1 heterocycles. The summed E-state index contributed by atoms with van der Waals surface area (Å²) in [6.45, 7) is 9.77. The Balaban J connectivity index is 2.47. The van der Waals surface area contributed by atoms with Crippen LogP contribution in [0, 0.1) is 12.8 Å². The van der Waals surface area contributed by atoms with E-state index in [0.29, 0.717) is 11.2 Å². The Labute approximate surface area is 132 Å². The molecule has 0 saturated carbocycles. The first-order valence-electron chi connectivity index (χ1n) is 7.49. The highest BCUT2D eigenvalue weighted by Crippen LogP contribution is 2.33. The molecule has 0 fully saturated rings. The molecule has 1 aromatic heterocycles. The van der Waals surface area contributed by atoms with Crippen molar-refractivity contribution in [3.8, 4) is 5.69 Å². The number of benzene rings is 1. The molecule has 0 aliphatic rings. The molecule has 21 heavy (non-hydrogen) atoms. The van der Waals surface area contributed by atoms with Gasteiger partial charge in [-0.05, 0) is 32.0 Å². The van der Waals surface area contributed by atoms with Crippen LogP contribution in [0.2, 0.25) is 0 Å². The van der Waals surface area contributed by atoms with Crippen molar-refractivity contribution in [2.45, 2.75) is 44.5 Å². The van der Waals surface area contributed by atoms with E-state index in [9.17, 15) is 0 Å². The number of hydrogen-bond acceptors (Lipinski definition) is 3. The first kappa shape index (κ1) is 16.1. The maximum Gasteiger partial charge on any atom is 0.105 e. The quantitative estimate of drug-likeness (QED) is 0.817. The fourth-order valence-corrected chi connectivity index (χ4v) is 3.33. The zero-order valence-corrected chi connectivity index (χ0v) is 14.4. The predicted octanol–water partition coefficient (Wildman–Crippen LogP) is 4.04. The molecule has 1 N–H and O–H groups in total. The van der Waals surface area contributed by atoms with Gasteiger partial charge in [0.2, 0.25) is 0 Å². The van der Waals surface area contributed by atoms with Gasteiger partial charge < -0.3 is 5.32 Å². The van der Waals surface area contributed by atoms with Gasteiger partial charge in [0.05, 0.1) is 11.4 Å².